The van der Waals surface area contributed by atoms with Crippen LogP contribution in [-0.2, 0) is 24.4 Å². The second kappa shape index (κ2) is 7.53. The molecule has 4 aromatic rings. The molecular weight excluding hydrogens is 436 g/mol. The van der Waals surface area contributed by atoms with Gasteiger partial charge in [0.2, 0.25) is 0 Å². The number of nitro benzene ring substituents is 1. The monoisotopic (exact) mass is 460 g/mol. The molecule has 1 aliphatic rings. The minimum Gasteiger partial charge on any atom is -0.364 e. The first-order valence-corrected chi connectivity index (χ1v) is 10.9. The molecule has 2 aromatic heterocycles. The van der Waals surface area contributed by atoms with E-state index >= 15 is 0 Å². The summed E-state index contributed by atoms with van der Waals surface area (Å²) in [6, 6.07) is 15.9. The molecule has 0 unspecified atom stereocenters. The van der Waals surface area contributed by atoms with Crippen molar-refractivity contribution in [3.8, 4) is 11.3 Å². The van der Waals surface area contributed by atoms with E-state index in [1.165, 1.54) is 17.7 Å². The van der Waals surface area contributed by atoms with Crippen molar-refractivity contribution >= 4 is 16.6 Å². The molecule has 0 fully saturated rings. The quantitative estimate of drug-likeness (QED) is 0.344. The van der Waals surface area contributed by atoms with Gasteiger partial charge < -0.3 is 9.30 Å². The van der Waals surface area contributed by atoms with Crippen LogP contribution in [0.5, 0.6) is 0 Å². The highest BCUT2D eigenvalue weighted by Crippen LogP contribution is 2.46. The lowest BCUT2D eigenvalue weighted by atomic mass is 9.97. The van der Waals surface area contributed by atoms with Crippen LogP contribution in [0.15, 0.2) is 64.2 Å². The van der Waals surface area contributed by atoms with E-state index in [2.05, 4.69) is 0 Å². The number of hydrogen-bond donors (Lipinski definition) is 0. The van der Waals surface area contributed by atoms with Gasteiger partial charge in [-0.1, -0.05) is 42.5 Å². The highest BCUT2D eigenvalue weighted by atomic mass is 16.6. The van der Waals surface area contributed by atoms with Crippen LogP contribution in [0, 0.1) is 10.1 Å². The first-order chi connectivity index (χ1) is 16.1. The van der Waals surface area contributed by atoms with E-state index < -0.39 is 27.8 Å². The Balaban J connectivity index is 2.03. The van der Waals surface area contributed by atoms with Crippen molar-refractivity contribution in [1.29, 1.82) is 0 Å². The molecule has 0 spiro atoms. The van der Waals surface area contributed by atoms with Crippen LogP contribution >= 0.6 is 0 Å². The lowest BCUT2D eigenvalue weighted by Gasteiger charge is -2.39. The Morgan fingerprint density at radius 1 is 1.00 bits per heavy atom. The van der Waals surface area contributed by atoms with Gasteiger partial charge in [0.1, 0.15) is 6.10 Å². The van der Waals surface area contributed by atoms with Crippen LogP contribution in [0.25, 0.3) is 22.2 Å². The number of hydrogen-bond acceptors (Lipinski definition) is 5. The maximum Gasteiger partial charge on any atom is 0.331 e. The molecule has 0 amide bonds. The minimum atomic E-state index is -0.840. The van der Waals surface area contributed by atoms with E-state index in [1.54, 1.807) is 25.2 Å². The fraction of sp³-hybridized carbons (Fsp3) is 0.280. The maximum absolute atomic E-state index is 13.5. The number of nitrogens with zero attached hydrogens (tertiary/aromatic N) is 4. The third-order valence-corrected chi connectivity index (χ3v) is 6.53. The Morgan fingerprint density at radius 2 is 1.65 bits per heavy atom. The molecule has 34 heavy (non-hydrogen) atoms. The van der Waals surface area contributed by atoms with Crippen molar-refractivity contribution in [3.63, 3.8) is 0 Å². The Labute approximate surface area is 194 Å². The SMILES string of the molecule is Cn1c(=O)c2c(-c3ccccc3)n3c(c2n(C)c1=O)[C@H](c1ccccc1[N+](=O)[O-])OCC3(C)C. The summed E-state index contributed by atoms with van der Waals surface area (Å²) in [6.45, 7) is 4.23. The smallest absolute Gasteiger partial charge is 0.331 e. The first kappa shape index (κ1) is 21.8. The molecule has 5 rings (SSSR count). The summed E-state index contributed by atoms with van der Waals surface area (Å²) in [6.07, 6.45) is -0.840. The van der Waals surface area contributed by atoms with Gasteiger partial charge in [-0.15, -0.1) is 0 Å². The number of ether oxygens (including phenoxy) is 1. The zero-order valence-corrected chi connectivity index (χ0v) is 19.3. The third-order valence-electron chi connectivity index (χ3n) is 6.53. The van der Waals surface area contributed by atoms with Crippen LogP contribution in [0.2, 0.25) is 0 Å². The molecule has 1 atom stereocenters. The van der Waals surface area contributed by atoms with Crippen LogP contribution in [0.4, 0.5) is 5.69 Å². The van der Waals surface area contributed by atoms with Crippen molar-refractivity contribution in [2.45, 2.75) is 25.5 Å². The van der Waals surface area contributed by atoms with Gasteiger partial charge >= 0.3 is 5.69 Å². The Bertz CT molecular complexity index is 1580. The average Bonchev–Trinajstić information content (AvgIpc) is 3.20. The van der Waals surface area contributed by atoms with Crippen molar-refractivity contribution in [1.82, 2.24) is 13.7 Å². The number of aromatic nitrogens is 3. The first-order valence-electron chi connectivity index (χ1n) is 10.9. The number of fused-ring (bicyclic) bond motifs is 3. The van der Waals surface area contributed by atoms with E-state index in [9.17, 15) is 19.7 Å². The Morgan fingerprint density at radius 3 is 2.32 bits per heavy atom. The van der Waals surface area contributed by atoms with Gasteiger partial charge in [-0.2, -0.15) is 0 Å². The van der Waals surface area contributed by atoms with Gasteiger partial charge in [0.25, 0.3) is 11.2 Å². The van der Waals surface area contributed by atoms with Gasteiger partial charge in [0.05, 0.1) is 44.9 Å². The third kappa shape index (κ3) is 2.97. The van der Waals surface area contributed by atoms with Crippen molar-refractivity contribution in [2.75, 3.05) is 6.61 Å². The summed E-state index contributed by atoms with van der Waals surface area (Å²) in [5, 5.41) is 12.2. The van der Waals surface area contributed by atoms with Crippen molar-refractivity contribution < 1.29 is 9.66 Å². The van der Waals surface area contributed by atoms with Gasteiger partial charge in [0.15, 0.2) is 0 Å². The van der Waals surface area contributed by atoms with E-state index in [-0.39, 0.29) is 12.3 Å². The summed E-state index contributed by atoms with van der Waals surface area (Å²) < 4.78 is 10.8. The van der Waals surface area contributed by atoms with Gasteiger partial charge in [0, 0.05) is 20.2 Å². The number of aryl methyl sites for hydroxylation is 1. The van der Waals surface area contributed by atoms with E-state index in [1.807, 2.05) is 48.7 Å². The van der Waals surface area contributed by atoms with Gasteiger partial charge in [-0.05, 0) is 25.5 Å². The van der Waals surface area contributed by atoms with Crippen LogP contribution in [-0.4, -0.2) is 25.2 Å². The number of para-hydroxylation sites is 1. The van der Waals surface area contributed by atoms with Gasteiger partial charge in [-0.3, -0.25) is 24.0 Å². The summed E-state index contributed by atoms with van der Waals surface area (Å²) >= 11 is 0. The van der Waals surface area contributed by atoms with Crippen LogP contribution in [0.1, 0.15) is 31.2 Å². The normalized spacial score (nSPS) is 17.0. The summed E-state index contributed by atoms with van der Waals surface area (Å²) in [4.78, 5) is 37.9. The summed E-state index contributed by atoms with van der Waals surface area (Å²) in [5.41, 5.74) is 1.25. The van der Waals surface area contributed by atoms with Crippen LogP contribution in [0.3, 0.4) is 0 Å². The molecule has 174 valence electrons. The van der Waals surface area contributed by atoms with E-state index in [0.29, 0.717) is 27.9 Å². The Hall–Kier alpha value is -3.98. The van der Waals surface area contributed by atoms with E-state index in [4.69, 9.17) is 4.74 Å². The standard InChI is InChI=1S/C25H24N4O5/c1-25(2)14-34-22(16-12-8-9-13-17(16)29(32)33)21-20-18(23(30)27(4)24(31)26(20)3)19(28(21)25)15-10-6-5-7-11-15/h5-13,22H,14H2,1-4H3/t22-/m0/s1. The lowest BCUT2D eigenvalue weighted by Crippen LogP contribution is -2.40. The average molecular weight is 460 g/mol. The number of nitro groups is 1. The topological polar surface area (TPSA) is 101 Å². The molecule has 0 aliphatic carbocycles. The zero-order chi connectivity index (χ0) is 24.4. The molecule has 9 nitrogen and oxygen atoms in total. The zero-order valence-electron chi connectivity index (χ0n) is 19.3. The lowest BCUT2D eigenvalue weighted by molar-refractivity contribution is -0.386. The van der Waals surface area contributed by atoms with E-state index in [0.717, 1.165) is 10.1 Å². The Kier molecular flexibility index (Phi) is 4.84. The molecule has 3 heterocycles. The highest BCUT2D eigenvalue weighted by molar-refractivity contribution is 5.96. The number of rotatable bonds is 3. The van der Waals surface area contributed by atoms with Gasteiger partial charge in [-0.25, -0.2) is 4.79 Å². The second-order valence-corrected chi connectivity index (χ2v) is 9.18. The maximum atomic E-state index is 13.5. The fourth-order valence-corrected chi connectivity index (χ4v) is 4.98. The summed E-state index contributed by atoms with van der Waals surface area (Å²) in [5.74, 6) is 0. The molecular formula is C25H24N4O5. The predicted molar refractivity (Wildman–Crippen MR) is 128 cm³/mol. The predicted octanol–water partition coefficient (Wildman–Crippen LogP) is 3.47. The minimum absolute atomic E-state index is 0.0804. The van der Waals surface area contributed by atoms with Crippen LogP contribution < -0.4 is 11.2 Å². The number of benzene rings is 2. The van der Waals surface area contributed by atoms with Crippen molar-refractivity contribution in [3.05, 3.63) is 96.8 Å². The molecule has 0 N–H and O–H groups in total. The largest absolute Gasteiger partial charge is 0.364 e. The molecule has 0 saturated heterocycles. The molecule has 1 aliphatic heterocycles. The fourth-order valence-electron chi connectivity index (χ4n) is 4.98. The molecule has 9 heteroatoms. The highest BCUT2D eigenvalue weighted by Gasteiger charge is 2.42. The molecule has 2 aromatic carbocycles. The molecule has 0 saturated carbocycles. The molecule has 0 radical (unpaired) electrons. The molecule has 0 bridgehead atoms. The van der Waals surface area contributed by atoms with Crippen molar-refractivity contribution in [2.24, 2.45) is 14.1 Å². The second-order valence-electron chi connectivity index (χ2n) is 9.18. The summed E-state index contributed by atoms with van der Waals surface area (Å²) in [7, 11) is 3.06.